The van der Waals surface area contributed by atoms with Crippen molar-refractivity contribution in [1.29, 1.82) is 0 Å². The number of benzene rings is 2. The molecule has 0 saturated carbocycles. The SMILES string of the molecule is CN(CCc1ccccn1)C[C@@H]1C[C@H](c2ccc(CO)cc2)O[C@H](c2ccc(CNC(=O)CCCCCC(=O)O)cc2)O1. The highest BCUT2D eigenvalue weighted by molar-refractivity contribution is 5.75. The number of carboxylic acids is 1. The molecule has 3 aromatic rings. The second kappa shape index (κ2) is 16.9. The maximum Gasteiger partial charge on any atom is 0.303 e. The highest BCUT2D eigenvalue weighted by Crippen LogP contribution is 2.38. The Labute approximate surface area is 253 Å². The fourth-order valence-corrected chi connectivity index (χ4v) is 5.14. The summed E-state index contributed by atoms with van der Waals surface area (Å²) in [6.07, 6.45) is 5.17. The molecule has 3 N–H and O–H groups in total. The minimum absolute atomic E-state index is 0.000820. The van der Waals surface area contributed by atoms with Crippen LogP contribution < -0.4 is 5.32 Å². The van der Waals surface area contributed by atoms with E-state index in [4.69, 9.17) is 14.6 Å². The zero-order valence-electron chi connectivity index (χ0n) is 24.9. The van der Waals surface area contributed by atoms with Crippen molar-refractivity contribution in [2.75, 3.05) is 20.1 Å². The van der Waals surface area contributed by atoms with Crippen LogP contribution in [0.2, 0.25) is 0 Å². The second-order valence-corrected chi connectivity index (χ2v) is 11.2. The molecular weight excluding hydrogens is 546 g/mol. The molecule has 2 aromatic carbocycles. The number of pyridine rings is 1. The minimum atomic E-state index is -0.802. The molecule has 1 aromatic heterocycles. The molecule has 0 aliphatic carbocycles. The summed E-state index contributed by atoms with van der Waals surface area (Å²) in [6, 6.07) is 21.8. The van der Waals surface area contributed by atoms with Gasteiger partial charge >= 0.3 is 5.97 Å². The fourth-order valence-electron chi connectivity index (χ4n) is 5.14. The quantitative estimate of drug-likeness (QED) is 0.201. The molecular formula is C34H43N3O6. The van der Waals surface area contributed by atoms with Crippen LogP contribution in [0.4, 0.5) is 0 Å². The predicted molar refractivity (Wildman–Crippen MR) is 163 cm³/mol. The van der Waals surface area contributed by atoms with E-state index in [0.717, 1.165) is 53.9 Å². The number of carboxylic acid groups (broad SMARTS) is 1. The van der Waals surface area contributed by atoms with Crippen molar-refractivity contribution in [3.63, 3.8) is 0 Å². The van der Waals surface area contributed by atoms with Gasteiger partial charge in [-0.3, -0.25) is 14.6 Å². The molecule has 1 fully saturated rings. The van der Waals surface area contributed by atoms with Crippen molar-refractivity contribution in [3.05, 3.63) is 101 Å². The summed E-state index contributed by atoms with van der Waals surface area (Å²) in [5, 5.41) is 21.1. The molecule has 9 heteroatoms. The Morgan fingerprint density at radius 3 is 2.35 bits per heavy atom. The molecule has 43 heavy (non-hydrogen) atoms. The van der Waals surface area contributed by atoms with E-state index in [0.29, 0.717) is 32.2 Å². The van der Waals surface area contributed by atoms with E-state index in [1.807, 2.05) is 72.9 Å². The number of unbranched alkanes of at least 4 members (excludes halogenated alkanes) is 2. The molecule has 0 spiro atoms. The number of aliphatic hydroxyl groups excluding tert-OH is 1. The number of likely N-dealkylation sites (N-methyl/N-ethyl adjacent to an activating group) is 1. The second-order valence-electron chi connectivity index (χ2n) is 11.2. The Balaban J connectivity index is 1.34. The number of aliphatic hydroxyl groups is 1. The number of rotatable bonds is 16. The summed E-state index contributed by atoms with van der Waals surface area (Å²) < 4.78 is 13.0. The van der Waals surface area contributed by atoms with Crippen LogP contribution in [-0.2, 0) is 38.6 Å². The van der Waals surface area contributed by atoms with Gasteiger partial charge in [0.05, 0.1) is 18.8 Å². The standard InChI is InChI=1S/C34H43N3O6/c1-37(20-18-29-7-5-6-19-35-29)23-30-21-31(27-14-12-26(24-38)13-15-27)43-34(42-30)28-16-10-25(11-17-28)22-36-32(39)8-3-2-4-9-33(40)41/h5-7,10-17,19,30-31,34,38H,2-4,8-9,18,20-24H2,1H3,(H,36,39)(H,40,41)/t30-,31+,34+/m0/s1. The largest absolute Gasteiger partial charge is 0.481 e. The van der Waals surface area contributed by atoms with Crippen LogP contribution in [0, 0.1) is 0 Å². The van der Waals surface area contributed by atoms with Crippen LogP contribution in [0.3, 0.4) is 0 Å². The lowest BCUT2D eigenvalue weighted by Gasteiger charge is -2.38. The Kier molecular flexibility index (Phi) is 12.7. The Morgan fingerprint density at radius 2 is 1.65 bits per heavy atom. The molecule has 1 aliphatic heterocycles. The summed E-state index contributed by atoms with van der Waals surface area (Å²) in [5.74, 6) is -0.841. The first-order valence-electron chi connectivity index (χ1n) is 15.1. The first kappa shape index (κ1) is 32.3. The highest BCUT2D eigenvalue weighted by Gasteiger charge is 2.32. The fraction of sp³-hybridized carbons (Fsp3) is 0.441. The zero-order chi connectivity index (χ0) is 30.4. The molecule has 0 unspecified atom stereocenters. The molecule has 3 atom stereocenters. The van der Waals surface area contributed by atoms with Gasteiger partial charge in [0.2, 0.25) is 5.91 Å². The van der Waals surface area contributed by atoms with E-state index >= 15 is 0 Å². The van der Waals surface area contributed by atoms with Crippen molar-refractivity contribution >= 4 is 11.9 Å². The van der Waals surface area contributed by atoms with Crippen molar-refractivity contribution in [2.45, 2.75) is 76.6 Å². The van der Waals surface area contributed by atoms with Crippen molar-refractivity contribution in [2.24, 2.45) is 0 Å². The van der Waals surface area contributed by atoms with Crippen molar-refractivity contribution < 1.29 is 29.3 Å². The molecule has 0 bridgehead atoms. The number of ether oxygens (including phenoxy) is 2. The molecule has 4 rings (SSSR count). The lowest BCUT2D eigenvalue weighted by molar-refractivity contribution is -0.252. The number of nitrogens with zero attached hydrogens (tertiary/aromatic N) is 2. The normalized spacial score (nSPS) is 18.4. The van der Waals surface area contributed by atoms with Gasteiger partial charge in [0.15, 0.2) is 6.29 Å². The van der Waals surface area contributed by atoms with Gasteiger partial charge < -0.3 is 29.9 Å². The highest BCUT2D eigenvalue weighted by atomic mass is 16.7. The third-order valence-electron chi connectivity index (χ3n) is 7.64. The molecule has 0 radical (unpaired) electrons. The number of hydrogen-bond acceptors (Lipinski definition) is 7. The molecule has 1 amide bonds. The van der Waals surface area contributed by atoms with Crippen LogP contribution >= 0.6 is 0 Å². The van der Waals surface area contributed by atoms with Crippen LogP contribution in [0.15, 0.2) is 72.9 Å². The van der Waals surface area contributed by atoms with Gasteiger partial charge in [-0.15, -0.1) is 0 Å². The summed E-state index contributed by atoms with van der Waals surface area (Å²) >= 11 is 0. The van der Waals surface area contributed by atoms with E-state index in [-0.39, 0.29) is 31.1 Å². The Bertz CT molecular complexity index is 1270. The number of carbonyl (C=O) groups is 2. The lowest BCUT2D eigenvalue weighted by atomic mass is 9.99. The Hall–Kier alpha value is -3.63. The van der Waals surface area contributed by atoms with E-state index in [9.17, 15) is 14.7 Å². The average molecular weight is 590 g/mol. The van der Waals surface area contributed by atoms with Gasteiger partial charge in [0.25, 0.3) is 0 Å². The van der Waals surface area contributed by atoms with Crippen molar-refractivity contribution in [3.8, 4) is 0 Å². The van der Waals surface area contributed by atoms with Crippen LogP contribution in [-0.4, -0.2) is 58.2 Å². The number of nitrogens with one attached hydrogen (secondary N) is 1. The van der Waals surface area contributed by atoms with Crippen LogP contribution in [0.1, 0.15) is 78.9 Å². The maximum absolute atomic E-state index is 12.2. The molecule has 2 heterocycles. The van der Waals surface area contributed by atoms with E-state index in [1.54, 1.807) is 0 Å². The molecule has 230 valence electrons. The number of carbonyl (C=O) groups excluding carboxylic acids is 1. The summed E-state index contributed by atoms with van der Waals surface area (Å²) in [7, 11) is 2.10. The Morgan fingerprint density at radius 1 is 0.930 bits per heavy atom. The third kappa shape index (κ3) is 10.9. The van der Waals surface area contributed by atoms with Gasteiger partial charge in [-0.1, -0.05) is 61.0 Å². The van der Waals surface area contributed by atoms with Gasteiger partial charge in [-0.2, -0.15) is 0 Å². The average Bonchev–Trinajstić information content (AvgIpc) is 3.03. The zero-order valence-corrected chi connectivity index (χ0v) is 24.9. The van der Waals surface area contributed by atoms with E-state index in [1.165, 1.54) is 0 Å². The lowest BCUT2D eigenvalue weighted by Crippen LogP contribution is -2.38. The minimum Gasteiger partial charge on any atom is -0.481 e. The smallest absolute Gasteiger partial charge is 0.303 e. The molecule has 9 nitrogen and oxygen atoms in total. The maximum atomic E-state index is 12.2. The number of aliphatic carboxylic acids is 1. The molecule has 1 aliphatic rings. The van der Waals surface area contributed by atoms with Gasteiger partial charge in [0.1, 0.15) is 0 Å². The summed E-state index contributed by atoms with van der Waals surface area (Å²) in [6.45, 7) is 2.03. The summed E-state index contributed by atoms with van der Waals surface area (Å²) in [5.41, 5.74) is 4.86. The summed E-state index contributed by atoms with van der Waals surface area (Å²) in [4.78, 5) is 29.5. The monoisotopic (exact) mass is 589 g/mol. The first-order valence-corrected chi connectivity index (χ1v) is 15.1. The van der Waals surface area contributed by atoms with Crippen LogP contribution in [0.5, 0.6) is 0 Å². The third-order valence-corrected chi connectivity index (χ3v) is 7.64. The number of aromatic nitrogens is 1. The van der Waals surface area contributed by atoms with Gasteiger partial charge in [-0.05, 0) is 48.7 Å². The van der Waals surface area contributed by atoms with Crippen LogP contribution in [0.25, 0.3) is 0 Å². The topological polar surface area (TPSA) is 121 Å². The van der Waals surface area contributed by atoms with E-state index in [2.05, 4.69) is 22.2 Å². The first-order chi connectivity index (χ1) is 20.9. The van der Waals surface area contributed by atoms with Gasteiger partial charge in [-0.25, -0.2) is 0 Å². The molecule has 1 saturated heterocycles. The number of amides is 1. The van der Waals surface area contributed by atoms with E-state index < -0.39 is 12.3 Å². The van der Waals surface area contributed by atoms with Crippen molar-refractivity contribution in [1.82, 2.24) is 15.2 Å². The number of hydrogen-bond donors (Lipinski definition) is 3. The van der Waals surface area contributed by atoms with Gasteiger partial charge in [0, 0.05) is 62.8 Å². The predicted octanol–water partition coefficient (Wildman–Crippen LogP) is 4.95.